The van der Waals surface area contributed by atoms with Gasteiger partial charge in [-0.2, -0.15) is 0 Å². The maximum absolute atomic E-state index is 3.52. The first-order valence-corrected chi connectivity index (χ1v) is 7.25. The Morgan fingerprint density at radius 3 is 3.06 bits per heavy atom. The van der Waals surface area contributed by atoms with E-state index in [1.165, 1.54) is 41.7 Å². The van der Waals surface area contributed by atoms with Crippen LogP contribution in [-0.2, 0) is 0 Å². The predicted octanol–water partition coefficient (Wildman–Crippen LogP) is 3.40. The third kappa shape index (κ3) is 2.67. The lowest BCUT2D eigenvalue weighted by atomic mass is 10.2. The van der Waals surface area contributed by atoms with Crippen molar-refractivity contribution in [2.75, 3.05) is 13.1 Å². The molecule has 0 amide bonds. The molecule has 1 aliphatic heterocycles. The average Bonchev–Trinajstić information content (AvgIpc) is 2.57. The molecule has 2 heterocycles. The fraction of sp³-hybridized carbons (Fsp3) is 0.429. The van der Waals surface area contributed by atoms with Gasteiger partial charge in [-0.1, -0.05) is 24.6 Å². The number of hydrogen-bond acceptors (Lipinski definition) is 2. The molecule has 90 valence electrons. The van der Waals surface area contributed by atoms with Crippen LogP contribution in [0, 0.1) is 0 Å². The molecule has 0 bridgehead atoms. The molecule has 1 saturated heterocycles. The number of fused-ring (bicyclic) bond motifs is 1. The molecule has 1 fully saturated rings. The summed E-state index contributed by atoms with van der Waals surface area (Å²) in [6, 6.07) is 10.8. The van der Waals surface area contributed by atoms with Crippen molar-refractivity contribution in [1.29, 1.82) is 0 Å². The van der Waals surface area contributed by atoms with Crippen molar-refractivity contribution < 1.29 is 0 Å². The molecule has 2 N–H and O–H groups in total. The summed E-state index contributed by atoms with van der Waals surface area (Å²) in [5.41, 5.74) is 1.25. The highest BCUT2D eigenvalue weighted by Crippen LogP contribution is 2.29. The second-order valence-electron chi connectivity index (χ2n) is 4.66. The zero-order valence-electron chi connectivity index (χ0n) is 9.91. The minimum absolute atomic E-state index is 0.713. The molecule has 2 aromatic rings. The van der Waals surface area contributed by atoms with E-state index in [9.17, 15) is 0 Å². The largest absolute Gasteiger partial charge is 0.350 e. The van der Waals surface area contributed by atoms with E-state index in [1.807, 2.05) is 11.8 Å². The van der Waals surface area contributed by atoms with Gasteiger partial charge in [-0.25, -0.2) is 0 Å². The standard InChI is InChI=1S/C14H18N2S/c1-2-7-13-11(5-1)9-14(16-13)17-12-6-3-4-8-15-10-12/h1-2,5,7,9,12,15-16H,3-4,6,8,10H2. The molecule has 0 radical (unpaired) electrons. The van der Waals surface area contributed by atoms with Crippen LogP contribution in [0.4, 0.5) is 0 Å². The molecule has 1 aromatic heterocycles. The number of benzene rings is 1. The van der Waals surface area contributed by atoms with Gasteiger partial charge in [0.05, 0.1) is 5.03 Å². The van der Waals surface area contributed by atoms with Gasteiger partial charge in [0.1, 0.15) is 0 Å². The Bertz CT molecular complexity index is 451. The Balaban J connectivity index is 1.75. The maximum Gasteiger partial charge on any atom is 0.0735 e. The first kappa shape index (κ1) is 11.2. The van der Waals surface area contributed by atoms with Gasteiger partial charge in [0, 0.05) is 22.7 Å². The lowest BCUT2D eigenvalue weighted by molar-refractivity contribution is 0.706. The van der Waals surface area contributed by atoms with Crippen LogP contribution in [0.1, 0.15) is 19.3 Å². The molecule has 0 aliphatic carbocycles. The van der Waals surface area contributed by atoms with Gasteiger partial charge in [-0.3, -0.25) is 0 Å². The number of para-hydroxylation sites is 1. The quantitative estimate of drug-likeness (QED) is 0.850. The van der Waals surface area contributed by atoms with Gasteiger partial charge >= 0.3 is 0 Å². The molecule has 1 unspecified atom stereocenters. The van der Waals surface area contributed by atoms with Crippen LogP contribution in [0.15, 0.2) is 35.4 Å². The first-order valence-electron chi connectivity index (χ1n) is 6.37. The molecule has 3 heteroatoms. The molecule has 3 rings (SSSR count). The van der Waals surface area contributed by atoms with Crippen molar-refractivity contribution in [3.63, 3.8) is 0 Å². The average molecular weight is 246 g/mol. The predicted molar refractivity (Wildman–Crippen MR) is 74.7 cm³/mol. The number of thioether (sulfide) groups is 1. The molecule has 17 heavy (non-hydrogen) atoms. The van der Waals surface area contributed by atoms with Crippen molar-refractivity contribution >= 4 is 22.7 Å². The topological polar surface area (TPSA) is 27.8 Å². The minimum atomic E-state index is 0.713. The van der Waals surface area contributed by atoms with Crippen molar-refractivity contribution in [3.8, 4) is 0 Å². The lowest BCUT2D eigenvalue weighted by Gasteiger charge is -2.11. The van der Waals surface area contributed by atoms with E-state index in [0.29, 0.717) is 5.25 Å². The molecule has 1 aromatic carbocycles. The molecular formula is C14H18N2S. The van der Waals surface area contributed by atoms with Gasteiger partial charge in [-0.05, 0) is 31.5 Å². The van der Waals surface area contributed by atoms with Gasteiger partial charge < -0.3 is 10.3 Å². The van der Waals surface area contributed by atoms with Crippen molar-refractivity contribution in [2.45, 2.75) is 29.5 Å². The Kier molecular flexibility index (Phi) is 3.39. The highest BCUT2D eigenvalue weighted by atomic mass is 32.2. The third-order valence-corrected chi connectivity index (χ3v) is 4.51. The van der Waals surface area contributed by atoms with E-state index in [4.69, 9.17) is 0 Å². The fourth-order valence-corrected chi connectivity index (χ4v) is 3.59. The molecule has 1 atom stereocenters. The van der Waals surface area contributed by atoms with E-state index >= 15 is 0 Å². The Hall–Kier alpha value is -0.930. The SMILES string of the molecule is c1ccc2[nH]c(SC3CCCCNC3)cc2c1. The number of hydrogen-bond donors (Lipinski definition) is 2. The highest BCUT2D eigenvalue weighted by Gasteiger charge is 2.14. The van der Waals surface area contributed by atoms with Crippen molar-refractivity contribution in [3.05, 3.63) is 30.3 Å². The summed E-state index contributed by atoms with van der Waals surface area (Å²) < 4.78 is 0. The van der Waals surface area contributed by atoms with Gasteiger partial charge in [0.15, 0.2) is 0 Å². The van der Waals surface area contributed by atoms with Crippen LogP contribution in [0.3, 0.4) is 0 Å². The lowest BCUT2D eigenvalue weighted by Crippen LogP contribution is -2.22. The normalized spacial score (nSPS) is 21.5. The summed E-state index contributed by atoms with van der Waals surface area (Å²) >= 11 is 1.99. The van der Waals surface area contributed by atoms with E-state index < -0.39 is 0 Å². The van der Waals surface area contributed by atoms with Crippen LogP contribution < -0.4 is 5.32 Å². The van der Waals surface area contributed by atoms with Gasteiger partial charge in [0.25, 0.3) is 0 Å². The van der Waals surface area contributed by atoms with E-state index in [0.717, 1.165) is 6.54 Å². The molecule has 0 spiro atoms. The second kappa shape index (κ2) is 5.15. The summed E-state index contributed by atoms with van der Waals surface area (Å²) in [6.07, 6.45) is 4.00. The monoisotopic (exact) mass is 246 g/mol. The summed E-state index contributed by atoms with van der Waals surface area (Å²) in [5.74, 6) is 0. The minimum Gasteiger partial charge on any atom is -0.350 e. The highest BCUT2D eigenvalue weighted by molar-refractivity contribution is 7.99. The van der Waals surface area contributed by atoms with Crippen molar-refractivity contribution in [1.82, 2.24) is 10.3 Å². The van der Waals surface area contributed by atoms with Crippen molar-refractivity contribution in [2.24, 2.45) is 0 Å². The Morgan fingerprint density at radius 2 is 2.12 bits per heavy atom. The first-order chi connectivity index (χ1) is 8.42. The summed E-state index contributed by atoms with van der Waals surface area (Å²) in [7, 11) is 0. The van der Waals surface area contributed by atoms with Crippen LogP contribution in [-0.4, -0.2) is 23.3 Å². The number of nitrogens with one attached hydrogen (secondary N) is 2. The second-order valence-corrected chi connectivity index (χ2v) is 6.00. The zero-order valence-corrected chi connectivity index (χ0v) is 10.7. The summed E-state index contributed by atoms with van der Waals surface area (Å²) in [4.78, 5) is 3.50. The molecule has 2 nitrogen and oxygen atoms in total. The Labute approximate surface area is 106 Å². The Morgan fingerprint density at radius 1 is 1.18 bits per heavy atom. The smallest absolute Gasteiger partial charge is 0.0735 e. The molecule has 0 saturated carbocycles. The molecular weight excluding hydrogens is 228 g/mol. The maximum atomic E-state index is 3.52. The van der Waals surface area contributed by atoms with E-state index in [2.05, 4.69) is 40.6 Å². The van der Waals surface area contributed by atoms with Crippen LogP contribution in [0.2, 0.25) is 0 Å². The fourth-order valence-electron chi connectivity index (χ4n) is 2.38. The van der Waals surface area contributed by atoms with Crippen LogP contribution in [0.5, 0.6) is 0 Å². The van der Waals surface area contributed by atoms with Gasteiger partial charge in [0.2, 0.25) is 0 Å². The van der Waals surface area contributed by atoms with E-state index in [1.54, 1.807) is 0 Å². The van der Waals surface area contributed by atoms with Crippen LogP contribution in [0.25, 0.3) is 10.9 Å². The zero-order chi connectivity index (χ0) is 11.5. The summed E-state index contributed by atoms with van der Waals surface area (Å²) in [6.45, 7) is 2.32. The number of aromatic nitrogens is 1. The summed E-state index contributed by atoms with van der Waals surface area (Å²) in [5, 5.41) is 6.85. The van der Waals surface area contributed by atoms with Crippen LogP contribution >= 0.6 is 11.8 Å². The number of rotatable bonds is 2. The number of aromatic amines is 1. The third-order valence-electron chi connectivity index (χ3n) is 3.30. The van der Waals surface area contributed by atoms with E-state index in [-0.39, 0.29) is 0 Å². The van der Waals surface area contributed by atoms with Gasteiger partial charge in [-0.15, -0.1) is 11.8 Å². The number of H-pyrrole nitrogens is 1. The molecule has 1 aliphatic rings.